The summed E-state index contributed by atoms with van der Waals surface area (Å²) in [7, 11) is 0. The molecule has 1 heteroatoms. The van der Waals surface area contributed by atoms with Gasteiger partial charge in [-0.2, -0.15) is 0 Å². The van der Waals surface area contributed by atoms with Gasteiger partial charge in [-0.25, -0.2) is 0 Å². The molecule has 0 unspecified atom stereocenters. The van der Waals surface area contributed by atoms with Crippen LogP contribution in [0.25, 0.3) is 0 Å². The second-order valence-electron chi connectivity index (χ2n) is 3.32. The Bertz CT molecular complexity index is 287. The predicted octanol–water partition coefficient (Wildman–Crippen LogP) is 3.62. The molecule has 0 aromatic heterocycles. The lowest BCUT2D eigenvalue weighted by atomic mass is 10.1. The Morgan fingerprint density at radius 3 is 2.57 bits per heavy atom. The number of rotatable bonds is 6. The van der Waals surface area contributed by atoms with Gasteiger partial charge in [0.1, 0.15) is 0 Å². The summed E-state index contributed by atoms with van der Waals surface area (Å²) in [5, 5.41) is 0. The van der Waals surface area contributed by atoms with Crippen molar-refractivity contribution in [3.8, 4) is 0 Å². The van der Waals surface area contributed by atoms with Crippen molar-refractivity contribution in [2.75, 3.05) is 0 Å². The monoisotopic (exact) mass is 188 g/mol. The molecule has 14 heavy (non-hydrogen) atoms. The highest BCUT2D eigenvalue weighted by Gasteiger charge is 2.03. The molecular weight excluding hydrogens is 172 g/mol. The lowest BCUT2D eigenvalue weighted by Crippen LogP contribution is -1.97. The van der Waals surface area contributed by atoms with E-state index in [1.165, 1.54) is 0 Å². The van der Waals surface area contributed by atoms with Crippen LogP contribution in [0.3, 0.4) is 0 Å². The van der Waals surface area contributed by atoms with Crippen LogP contribution in [0.1, 0.15) is 36.0 Å². The number of benzene rings is 1. The molecule has 1 nitrogen and oxygen atoms in total. The van der Waals surface area contributed by atoms with Crippen molar-refractivity contribution in [3.05, 3.63) is 48.6 Å². The Labute approximate surface area is 85.5 Å². The van der Waals surface area contributed by atoms with E-state index in [-0.39, 0.29) is 5.78 Å². The van der Waals surface area contributed by atoms with Gasteiger partial charge in [0.15, 0.2) is 5.78 Å². The lowest BCUT2D eigenvalue weighted by molar-refractivity contribution is 0.0979. The van der Waals surface area contributed by atoms with Crippen molar-refractivity contribution in [1.29, 1.82) is 0 Å². The molecule has 0 aliphatic carbocycles. The number of carbonyl (C=O) groups is 1. The van der Waals surface area contributed by atoms with E-state index < -0.39 is 0 Å². The van der Waals surface area contributed by atoms with Crippen LogP contribution in [0.5, 0.6) is 0 Å². The number of Topliss-reactive ketones (excluding diaryl/α,β-unsaturated/α-hetero) is 1. The molecule has 0 amide bonds. The zero-order chi connectivity index (χ0) is 10.2. The summed E-state index contributed by atoms with van der Waals surface area (Å²) < 4.78 is 0. The van der Waals surface area contributed by atoms with Crippen LogP contribution >= 0.6 is 0 Å². The number of hydrogen-bond acceptors (Lipinski definition) is 1. The van der Waals surface area contributed by atoms with E-state index in [9.17, 15) is 4.79 Å². The molecule has 0 saturated carbocycles. The highest BCUT2D eigenvalue weighted by atomic mass is 16.1. The number of allylic oxidation sites excluding steroid dienone is 1. The third-order valence-corrected chi connectivity index (χ3v) is 2.16. The van der Waals surface area contributed by atoms with Gasteiger partial charge < -0.3 is 0 Å². The van der Waals surface area contributed by atoms with Gasteiger partial charge in [-0.3, -0.25) is 4.79 Å². The van der Waals surface area contributed by atoms with Crippen LogP contribution in [0.15, 0.2) is 43.0 Å². The Morgan fingerprint density at radius 1 is 1.21 bits per heavy atom. The van der Waals surface area contributed by atoms with Crippen LogP contribution in [0.4, 0.5) is 0 Å². The number of carbonyl (C=O) groups excluding carboxylic acids is 1. The minimum Gasteiger partial charge on any atom is -0.294 e. The second-order valence-corrected chi connectivity index (χ2v) is 3.32. The van der Waals surface area contributed by atoms with Gasteiger partial charge in [0.2, 0.25) is 0 Å². The average molecular weight is 188 g/mol. The van der Waals surface area contributed by atoms with E-state index in [1.54, 1.807) is 0 Å². The van der Waals surface area contributed by atoms with Crippen molar-refractivity contribution in [2.45, 2.75) is 25.7 Å². The average Bonchev–Trinajstić information content (AvgIpc) is 2.25. The summed E-state index contributed by atoms with van der Waals surface area (Å²) in [6.07, 6.45) is 5.56. The first-order valence-corrected chi connectivity index (χ1v) is 5.03. The van der Waals surface area contributed by atoms with E-state index >= 15 is 0 Å². The Balaban J connectivity index is 2.32. The lowest BCUT2D eigenvalue weighted by Gasteiger charge is -1.99. The molecule has 0 atom stereocenters. The van der Waals surface area contributed by atoms with Crippen LogP contribution < -0.4 is 0 Å². The minimum atomic E-state index is 0.245. The molecule has 0 spiro atoms. The highest BCUT2D eigenvalue weighted by molar-refractivity contribution is 5.95. The molecule has 0 fully saturated rings. The summed E-state index contributed by atoms with van der Waals surface area (Å²) in [6, 6.07) is 9.47. The van der Waals surface area contributed by atoms with Crippen molar-refractivity contribution < 1.29 is 4.79 Å². The Morgan fingerprint density at radius 2 is 1.93 bits per heavy atom. The van der Waals surface area contributed by atoms with Crippen molar-refractivity contribution in [2.24, 2.45) is 0 Å². The third kappa shape index (κ3) is 3.56. The normalized spacial score (nSPS) is 9.71. The quantitative estimate of drug-likeness (QED) is 0.378. The molecule has 0 heterocycles. The fraction of sp³-hybridized carbons (Fsp3) is 0.308. The van der Waals surface area contributed by atoms with Gasteiger partial charge in [-0.1, -0.05) is 36.4 Å². The van der Waals surface area contributed by atoms with Crippen LogP contribution in [0, 0.1) is 0 Å². The molecule has 0 N–H and O–H groups in total. The van der Waals surface area contributed by atoms with Gasteiger partial charge in [0.05, 0.1) is 0 Å². The zero-order valence-corrected chi connectivity index (χ0v) is 8.41. The van der Waals surface area contributed by atoms with E-state index in [0.717, 1.165) is 24.8 Å². The summed E-state index contributed by atoms with van der Waals surface area (Å²) in [5.41, 5.74) is 0.825. The number of hydrogen-bond donors (Lipinski definition) is 0. The Kier molecular flexibility index (Phi) is 4.70. The molecule has 0 bridgehead atoms. The van der Waals surface area contributed by atoms with Crippen LogP contribution in [0.2, 0.25) is 0 Å². The second kappa shape index (κ2) is 6.14. The maximum atomic E-state index is 11.6. The number of unbranched alkanes of at least 4 members (excludes halogenated alkanes) is 2. The van der Waals surface area contributed by atoms with Crippen LogP contribution in [-0.4, -0.2) is 5.78 Å². The van der Waals surface area contributed by atoms with Crippen LogP contribution in [-0.2, 0) is 0 Å². The molecule has 1 aromatic carbocycles. The summed E-state index contributed by atoms with van der Waals surface area (Å²) in [4.78, 5) is 11.6. The Hall–Kier alpha value is -1.37. The van der Waals surface area contributed by atoms with Crippen molar-refractivity contribution >= 4 is 5.78 Å². The standard InChI is InChI=1S/C13H16O/c1-2-3-4-8-11-13(14)12-9-6-5-7-10-12/h2,5-7,9-10H,1,3-4,8,11H2. The summed E-state index contributed by atoms with van der Waals surface area (Å²) in [6.45, 7) is 3.65. The smallest absolute Gasteiger partial charge is 0.162 e. The molecule has 0 saturated heterocycles. The first-order chi connectivity index (χ1) is 6.84. The van der Waals surface area contributed by atoms with Gasteiger partial charge in [0.25, 0.3) is 0 Å². The fourth-order valence-electron chi connectivity index (χ4n) is 1.34. The molecule has 74 valence electrons. The van der Waals surface area contributed by atoms with E-state index in [4.69, 9.17) is 0 Å². The van der Waals surface area contributed by atoms with E-state index in [1.807, 2.05) is 36.4 Å². The topological polar surface area (TPSA) is 17.1 Å². The molecule has 0 aliphatic heterocycles. The predicted molar refractivity (Wildman–Crippen MR) is 59.4 cm³/mol. The van der Waals surface area contributed by atoms with Gasteiger partial charge in [-0.05, 0) is 19.3 Å². The van der Waals surface area contributed by atoms with Gasteiger partial charge in [-0.15, -0.1) is 6.58 Å². The molecule has 0 radical (unpaired) electrons. The number of ketones is 1. The maximum Gasteiger partial charge on any atom is 0.162 e. The molecule has 1 aromatic rings. The first-order valence-electron chi connectivity index (χ1n) is 5.03. The zero-order valence-electron chi connectivity index (χ0n) is 8.41. The molecule has 1 rings (SSSR count). The third-order valence-electron chi connectivity index (χ3n) is 2.16. The molecule has 0 aliphatic rings. The fourth-order valence-corrected chi connectivity index (χ4v) is 1.34. The highest BCUT2D eigenvalue weighted by Crippen LogP contribution is 2.07. The minimum absolute atomic E-state index is 0.245. The summed E-state index contributed by atoms with van der Waals surface area (Å²) >= 11 is 0. The van der Waals surface area contributed by atoms with E-state index in [2.05, 4.69) is 6.58 Å². The van der Waals surface area contributed by atoms with Crippen molar-refractivity contribution in [3.63, 3.8) is 0 Å². The van der Waals surface area contributed by atoms with Crippen molar-refractivity contribution in [1.82, 2.24) is 0 Å². The molecular formula is C13H16O. The van der Waals surface area contributed by atoms with Gasteiger partial charge >= 0.3 is 0 Å². The first kappa shape index (κ1) is 10.7. The SMILES string of the molecule is C=CCCCCC(=O)c1ccccc1. The summed E-state index contributed by atoms with van der Waals surface area (Å²) in [5.74, 6) is 0.245. The van der Waals surface area contributed by atoms with Gasteiger partial charge in [0, 0.05) is 12.0 Å². The van der Waals surface area contributed by atoms with E-state index in [0.29, 0.717) is 6.42 Å². The maximum absolute atomic E-state index is 11.6. The largest absolute Gasteiger partial charge is 0.294 e.